The molecule has 2 unspecified atom stereocenters. The maximum absolute atomic E-state index is 13.4. The molecule has 126 valence electrons. The van der Waals surface area contributed by atoms with Gasteiger partial charge in [0.1, 0.15) is 11.6 Å². The first-order valence-corrected chi connectivity index (χ1v) is 8.08. The van der Waals surface area contributed by atoms with E-state index >= 15 is 0 Å². The lowest BCUT2D eigenvalue weighted by Crippen LogP contribution is -2.29. The van der Waals surface area contributed by atoms with Gasteiger partial charge in [-0.3, -0.25) is 4.79 Å². The minimum Gasteiger partial charge on any atom is -0.493 e. The molecule has 0 aromatic heterocycles. The lowest BCUT2D eigenvalue weighted by Gasteiger charge is -2.19. The van der Waals surface area contributed by atoms with Crippen molar-refractivity contribution >= 4 is 5.91 Å². The van der Waals surface area contributed by atoms with E-state index in [1.54, 1.807) is 18.2 Å². The molecule has 0 fully saturated rings. The van der Waals surface area contributed by atoms with Crippen LogP contribution in [0, 0.1) is 5.82 Å². The summed E-state index contributed by atoms with van der Waals surface area (Å²) in [6.45, 7) is 0.496. The second-order valence-corrected chi connectivity index (χ2v) is 5.92. The molecule has 2 N–H and O–H groups in total. The molecule has 4 nitrogen and oxygen atoms in total. The zero-order valence-corrected chi connectivity index (χ0v) is 13.2. The van der Waals surface area contributed by atoms with E-state index in [1.165, 1.54) is 12.1 Å². The number of carbonyl (C=O) groups is 1. The van der Waals surface area contributed by atoms with Crippen LogP contribution >= 0.6 is 0 Å². The molecule has 1 aliphatic heterocycles. The summed E-state index contributed by atoms with van der Waals surface area (Å²) in [5.41, 5.74) is 1.48. The quantitative estimate of drug-likeness (QED) is 0.905. The molecule has 2 aromatic rings. The first-order valence-electron chi connectivity index (χ1n) is 8.08. The van der Waals surface area contributed by atoms with E-state index in [4.69, 9.17) is 4.74 Å². The van der Waals surface area contributed by atoms with Crippen molar-refractivity contribution in [2.75, 3.05) is 6.61 Å². The highest BCUT2D eigenvalue weighted by molar-refractivity contribution is 5.77. The summed E-state index contributed by atoms with van der Waals surface area (Å²) in [7, 11) is 0. The van der Waals surface area contributed by atoms with Crippen LogP contribution in [0.25, 0.3) is 0 Å². The van der Waals surface area contributed by atoms with Crippen LogP contribution in [-0.2, 0) is 4.79 Å². The van der Waals surface area contributed by atoms with Gasteiger partial charge >= 0.3 is 0 Å². The highest BCUT2D eigenvalue weighted by Gasteiger charge is 2.23. The second kappa shape index (κ2) is 7.45. The van der Waals surface area contributed by atoms with E-state index in [0.29, 0.717) is 24.3 Å². The van der Waals surface area contributed by atoms with Crippen LogP contribution < -0.4 is 10.1 Å². The molecule has 1 aliphatic rings. The third kappa shape index (κ3) is 3.92. The van der Waals surface area contributed by atoms with Gasteiger partial charge in [-0.25, -0.2) is 4.39 Å². The van der Waals surface area contributed by atoms with Crippen molar-refractivity contribution in [1.82, 2.24) is 5.32 Å². The van der Waals surface area contributed by atoms with Crippen molar-refractivity contribution < 1.29 is 19.0 Å². The van der Waals surface area contributed by atoms with Crippen LogP contribution in [0.3, 0.4) is 0 Å². The van der Waals surface area contributed by atoms with Crippen LogP contribution in [0.4, 0.5) is 4.39 Å². The van der Waals surface area contributed by atoms with Crippen LogP contribution in [0.2, 0.25) is 0 Å². The SMILES string of the molecule is O=C(CC(O)c1ccccc1)NC1CCCOc2cc(F)ccc21. The molecular formula is C19H20FNO3. The number of aliphatic hydroxyl groups excluding tert-OH is 1. The third-order valence-corrected chi connectivity index (χ3v) is 4.14. The lowest BCUT2D eigenvalue weighted by molar-refractivity contribution is -0.123. The molecule has 2 atom stereocenters. The van der Waals surface area contributed by atoms with Crippen molar-refractivity contribution in [2.24, 2.45) is 0 Å². The van der Waals surface area contributed by atoms with E-state index in [-0.39, 0.29) is 24.2 Å². The molecular weight excluding hydrogens is 309 g/mol. The number of carbonyl (C=O) groups excluding carboxylic acids is 1. The summed E-state index contributed by atoms with van der Waals surface area (Å²) < 4.78 is 18.9. The number of halogens is 1. The fourth-order valence-electron chi connectivity index (χ4n) is 2.92. The van der Waals surface area contributed by atoms with Crippen molar-refractivity contribution in [3.63, 3.8) is 0 Å². The maximum Gasteiger partial charge on any atom is 0.223 e. The third-order valence-electron chi connectivity index (χ3n) is 4.14. The van der Waals surface area contributed by atoms with Gasteiger partial charge in [0.2, 0.25) is 5.91 Å². The molecule has 1 amide bonds. The lowest BCUT2D eigenvalue weighted by atomic mass is 10.0. The first-order chi connectivity index (χ1) is 11.6. The van der Waals surface area contributed by atoms with E-state index in [9.17, 15) is 14.3 Å². The monoisotopic (exact) mass is 329 g/mol. The Morgan fingerprint density at radius 1 is 1.29 bits per heavy atom. The number of hydrogen-bond acceptors (Lipinski definition) is 3. The van der Waals surface area contributed by atoms with Crippen LogP contribution in [0.15, 0.2) is 48.5 Å². The molecule has 0 bridgehead atoms. The highest BCUT2D eigenvalue weighted by Crippen LogP contribution is 2.32. The summed E-state index contributed by atoms with van der Waals surface area (Å²) in [5.74, 6) is -0.129. The van der Waals surface area contributed by atoms with Gasteiger partial charge in [-0.1, -0.05) is 36.4 Å². The Morgan fingerprint density at radius 3 is 2.88 bits per heavy atom. The molecule has 0 saturated carbocycles. The summed E-state index contributed by atoms with van der Waals surface area (Å²) in [6, 6.07) is 13.2. The normalized spacial score (nSPS) is 18.0. The molecule has 0 aliphatic carbocycles. The Kier molecular flexibility index (Phi) is 5.11. The summed E-state index contributed by atoms with van der Waals surface area (Å²) >= 11 is 0. The van der Waals surface area contributed by atoms with Crippen LogP contribution in [0.1, 0.15) is 42.5 Å². The van der Waals surface area contributed by atoms with Gasteiger partial charge in [0.05, 0.1) is 25.2 Å². The van der Waals surface area contributed by atoms with Crippen molar-refractivity contribution in [1.29, 1.82) is 0 Å². The summed E-state index contributed by atoms with van der Waals surface area (Å²) in [5, 5.41) is 13.1. The Labute approximate surface area is 140 Å². The molecule has 3 rings (SSSR count). The maximum atomic E-state index is 13.4. The molecule has 1 heterocycles. The van der Waals surface area contributed by atoms with Gasteiger partial charge in [-0.2, -0.15) is 0 Å². The zero-order chi connectivity index (χ0) is 16.9. The predicted molar refractivity (Wildman–Crippen MR) is 88.0 cm³/mol. The molecule has 2 aromatic carbocycles. The molecule has 0 spiro atoms. The molecule has 5 heteroatoms. The standard InChI is InChI=1S/C19H20FNO3/c20-14-8-9-15-16(7-4-10-24-18(15)11-14)21-19(23)12-17(22)13-5-2-1-3-6-13/h1-3,5-6,8-9,11,16-17,22H,4,7,10,12H2,(H,21,23). The smallest absolute Gasteiger partial charge is 0.223 e. The van der Waals surface area contributed by atoms with Gasteiger partial charge in [0.15, 0.2) is 0 Å². The Hall–Kier alpha value is -2.40. The average molecular weight is 329 g/mol. The van der Waals surface area contributed by atoms with Crippen LogP contribution in [0.5, 0.6) is 5.75 Å². The first kappa shape index (κ1) is 16.5. The second-order valence-electron chi connectivity index (χ2n) is 5.92. The highest BCUT2D eigenvalue weighted by atomic mass is 19.1. The van der Waals surface area contributed by atoms with E-state index in [1.807, 2.05) is 18.2 Å². The average Bonchev–Trinajstić information content (AvgIpc) is 2.77. The number of fused-ring (bicyclic) bond motifs is 1. The van der Waals surface area contributed by atoms with E-state index in [2.05, 4.69) is 5.32 Å². The number of aliphatic hydroxyl groups is 1. The number of amides is 1. The fourth-order valence-corrected chi connectivity index (χ4v) is 2.92. The van der Waals surface area contributed by atoms with Gasteiger partial charge in [-0.05, 0) is 24.5 Å². The zero-order valence-electron chi connectivity index (χ0n) is 13.2. The van der Waals surface area contributed by atoms with Crippen molar-refractivity contribution in [3.05, 3.63) is 65.5 Å². The molecule has 0 saturated heterocycles. The van der Waals surface area contributed by atoms with Crippen molar-refractivity contribution in [2.45, 2.75) is 31.4 Å². The summed E-state index contributed by atoms with van der Waals surface area (Å²) in [6.07, 6.45) is 0.618. The Bertz CT molecular complexity index is 705. The number of ether oxygens (including phenoxy) is 1. The van der Waals surface area contributed by atoms with Gasteiger partial charge in [0.25, 0.3) is 0 Å². The topological polar surface area (TPSA) is 58.6 Å². The van der Waals surface area contributed by atoms with Gasteiger partial charge in [0, 0.05) is 11.6 Å². The minimum absolute atomic E-state index is 0.0160. The number of rotatable bonds is 4. The number of nitrogens with one attached hydrogen (secondary N) is 1. The molecule has 0 radical (unpaired) electrons. The Morgan fingerprint density at radius 2 is 2.08 bits per heavy atom. The fraction of sp³-hybridized carbons (Fsp3) is 0.316. The van der Waals surface area contributed by atoms with E-state index in [0.717, 1.165) is 12.0 Å². The predicted octanol–water partition coefficient (Wildman–Crippen LogP) is 3.28. The van der Waals surface area contributed by atoms with E-state index < -0.39 is 6.10 Å². The van der Waals surface area contributed by atoms with Gasteiger partial charge < -0.3 is 15.2 Å². The molecule has 24 heavy (non-hydrogen) atoms. The number of hydrogen-bond donors (Lipinski definition) is 2. The summed E-state index contributed by atoms with van der Waals surface area (Å²) in [4.78, 5) is 12.3. The minimum atomic E-state index is -0.846. The largest absolute Gasteiger partial charge is 0.493 e. The number of benzene rings is 2. The van der Waals surface area contributed by atoms with Gasteiger partial charge in [-0.15, -0.1) is 0 Å². The Balaban J connectivity index is 1.68. The van der Waals surface area contributed by atoms with Crippen molar-refractivity contribution in [3.8, 4) is 5.75 Å². The van der Waals surface area contributed by atoms with Crippen LogP contribution in [-0.4, -0.2) is 17.6 Å².